The molecule has 14 heavy (non-hydrogen) atoms. The Hall–Kier alpha value is -0.160. The molecule has 0 bridgehead atoms. The highest BCUT2D eigenvalue weighted by molar-refractivity contribution is 4.79. The quantitative estimate of drug-likeness (QED) is 0.722. The van der Waals surface area contributed by atoms with E-state index < -0.39 is 5.79 Å². The smallest absolute Gasteiger partial charge is 0.166 e. The maximum absolute atomic E-state index is 5.76. The van der Waals surface area contributed by atoms with Gasteiger partial charge in [-0.25, -0.2) is 0 Å². The molecule has 4 nitrogen and oxygen atoms in total. The molecular formula is C10H19NO3. The third-order valence-electron chi connectivity index (χ3n) is 2.94. The fourth-order valence-electron chi connectivity index (χ4n) is 2.18. The molecule has 3 unspecified atom stereocenters. The molecule has 0 aromatic rings. The van der Waals surface area contributed by atoms with Crippen LogP contribution in [0.2, 0.25) is 0 Å². The van der Waals surface area contributed by atoms with Gasteiger partial charge in [-0.05, 0) is 19.3 Å². The van der Waals surface area contributed by atoms with Crippen LogP contribution in [0, 0.1) is 5.92 Å². The van der Waals surface area contributed by atoms with Crippen LogP contribution in [0.4, 0.5) is 0 Å². The molecule has 0 aromatic heterocycles. The van der Waals surface area contributed by atoms with E-state index in [1.807, 2.05) is 6.92 Å². The topological polar surface area (TPSA) is 53.7 Å². The van der Waals surface area contributed by atoms with E-state index in [1.54, 1.807) is 0 Å². The predicted molar refractivity (Wildman–Crippen MR) is 51.8 cm³/mol. The predicted octanol–water partition coefficient (Wildman–Crippen LogP) is 0.503. The molecule has 2 saturated heterocycles. The van der Waals surface area contributed by atoms with Crippen LogP contribution in [0.3, 0.4) is 0 Å². The molecule has 2 heterocycles. The SMILES string of the molecule is CC1(CC2CCOC2)OCC(CN)O1. The number of hydrogen-bond acceptors (Lipinski definition) is 4. The summed E-state index contributed by atoms with van der Waals surface area (Å²) in [6.45, 7) is 4.88. The maximum Gasteiger partial charge on any atom is 0.166 e. The average Bonchev–Trinajstić information content (AvgIpc) is 2.76. The Balaban J connectivity index is 1.83. The fourth-order valence-corrected chi connectivity index (χ4v) is 2.18. The van der Waals surface area contributed by atoms with Crippen LogP contribution in [-0.2, 0) is 14.2 Å². The van der Waals surface area contributed by atoms with Crippen molar-refractivity contribution >= 4 is 0 Å². The van der Waals surface area contributed by atoms with Crippen LogP contribution in [0.25, 0.3) is 0 Å². The standard InChI is InChI=1S/C10H19NO3/c1-10(4-8-2-3-12-6-8)13-7-9(5-11)14-10/h8-9H,2-7,11H2,1H3. The second-order valence-electron chi connectivity index (χ2n) is 4.35. The number of hydrogen-bond donors (Lipinski definition) is 1. The lowest BCUT2D eigenvalue weighted by atomic mass is 9.99. The van der Waals surface area contributed by atoms with Gasteiger partial charge < -0.3 is 19.9 Å². The molecule has 2 fully saturated rings. The van der Waals surface area contributed by atoms with Gasteiger partial charge in [0.25, 0.3) is 0 Å². The van der Waals surface area contributed by atoms with E-state index in [2.05, 4.69) is 0 Å². The van der Waals surface area contributed by atoms with E-state index in [4.69, 9.17) is 19.9 Å². The van der Waals surface area contributed by atoms with E-state index in [9.17, 15) is 0 Å². The molecule has 0 aromatic carbocycles. The van der Waals surface area contributed by atoms with E-state index in [1.165, 1.54) is 0 Å². The maximum atomic E-state index is 5.76. The zero-order chi connectivity index (χ0) is 10.0. The van der Waals surface area contributed by atoms with Gasteiger partial charge >= 0.3 is 0 Å². The Morgan fingerprint density at radius 2 is 2.29 bits per heavy atom. The summed E-state index contributed by atoms with van der Waals surface area (Å²) in [5, 5.41) is 0. The summed E-state index contributed by atoms with van der Waals surface area (Å²) >= 11 is 0. The van der Waals surface area contributed by atoms with Crippen LogP contribution in [-0.4, -0.2) is 38.3 Å². The Morgan fingerprint density at radius 1 is 1.43 bits per heavy atom. The van der Waals surface area contributed by atoms with Gasteiger partial charge in [0, 0.05) is 26.2 Å². The van der Waals surface area contributed by atoms with E-state index >= 15 is 0 Å². The minimum Gasteiger partial charge on any atom is -0.381 e. The second kappa shape index (κ2) is 4.14. The summed E-state index contributed by atoms with van der Waals surface area (Å²) in [4.78, 5) is 0. The van der Waals surface area contributed by atoms with Crippen LogP contribution in [0.1, 0.15) is 19.8 Å². The van der Waals surface area contributed by atoms with Gasteiger partial charge in [0.15, 0.2) is 5.79 Å². The first-order chi connectivity index (χ1) is 6.72. The molecule has 2 aliphatic rings. The third-order valence-corrected chi connectivity index (χ3v) is 2.94. The Bertz CT molecular complexity index is 194. The summed E-state index contributed by atoms with van der Waals surface area (Å²) in [7, 11) is 0. The van der Waals surface area contributed by atoms with Gasteiger partial charge in [0.05, 0.1) is 12.7 Å². The van der Waals surface area contributed by atoms with Crippen LogP contribution in [0.15, 0.2) is 0 Å². The molecular weight excluding hydrogens is 182 g/mol. The summed E-state index contributed by atoms with van der Waals surface area (Å²) in [6, 6.07) is 0. The largest absolute Gasteiger partial charge is 0.381 e. The van der Waals surface area contributed by atoms with Gasteiger partial charge in [-0.2, -0.15) is 0 Å². The fraction of sp³-hybridized carbons (Fsp3) is 1.00. The third kappa shape index (κ3) is 2.25. The van der Waals surface area contributed by atoms with Crippen LogP contribution in [0.5, 0.6) is 0 Å². The Kier molecular flexibility index (Phi) is 3.07. The van der Waals surface area contributed by atoms with Gasteiger partial charge in [0.2, 0.25) is 0 Å². The van der Waals surface area contributed by atoms with Crippen molar-refractivity contribution in [2.45, 2.75) is 31.7 Å². The van der Waals surface area contributed by atoms with Crippen molar-refractivity contribution in [3.63, 3.8) is 0 Å². The average molecular weight is 201 g/mol. The van der Waals surface area contributed by atoms with Gasteiger partial charge in [-0.15, -0.1) is 0 Å². The summed E-state index contributed by atoms with van der Waals surface area (Å²) < 4.78 is 16.7. The minimum absolute atomic E-state index is 0.0716. The number of rotatable bonds is 3. The molecule has 82 valence electrons. The monoisotopic (exact) mass is 201 g/mol. The number of ether oxygens (including phenoxy) is 3. The summed E-state index contributed by atoms with van der Waals surface area (Å²) in [6.07, 6.45) is 2.11. The first kappa shape index (κ1) is 10.4. The molecule has 0 amide bonds. The lowest BCUT2D eigenvalue weighted by molar-refractivity contribution is -0.165. The van der Waals surface area contributed by atoms with Gasteiger partial charge in [0.1, 0.15) is 0 Å². The van der Waals surface area contributed by atoms with Crippen molar-refractivity contribution in [1.29, 1.82) is 0 Å². The van der Waals surface area contributed by atoms with Crippen molar-refractivity contribution < 1.29 is 14.2 Å². The minimum atomic E-state index is -0.428. The van der Waals surface area contributed by atoms with E-state index in [-0.39, 0.29) is 6.10 Å². The Morgan fingerprint density at radius 3 is 2.86 bits per heavy atom. The summed E-state index contributed by atoms with van der Waals surface area (Å²) in [5.41, 5.74) is 5.53. The Labute approximate surface area is 84.7 Å². The van der Waals surface area contributed by atoms with E-state index in [0.717, 1.165) is 26.1 Å². The van der Waals surface area contributed by atoms with Crippen molar-refractivity contribution in [3.05, 3.63) is 0 Å². The molecule has 3 atom stereocenters. The van der Waals surface area contributed by atoms with Crippen molar-refractivity contribution in [2.24, 2.45) is 11.7 Å². The molecule has 2 rings (SSSR count). The first-order valence-electron chi connectivity index (χ1n) is 5.31. The molecule has 0 radical (unpaired) electrons. The normalized spacial score (nSPS) is 43.3. The number of nitrogens with two attached hydrogens (primary N) is 1. The first-order valence-corrected chi connectivity index (χ1v) is 5.31. The molecule has 0 saturated carbocycles. The highest BCUT2D eigenvalue weighted by Crippen LogP contribution is 2.32. The zero-order valence-corrected chi connectivity index (χ0v) is 8.70. The van der Waals surface area contributed by atoms with Crippen LogP contribution >= 0.6 is 0 Å². The second-order valence-corrected chi connectivity index (χ2v) is 4.35. The molecule has 2 aliphatic heterocycles. The van der Waals surface area contributed by atoms with Gasteiger partial charge in [-0.3, -0.25) is 0 Å². The van der Waals surface area contributed by atoms with Crippen molar-refractivity contribution in [2.75, 3.05) is 26.4 Å². The highest BCUT2D eigenvalue weighted by Gasteiger charge is 2.39. The van der Waals surface area contributed by atoms with E-state index in [0.29, 0.717) is 19.1 Å². The van der Waals surface area contributed by atoms with Gasteiger partial charge in [-0.1, -0.05) is 0 Å². The lowest BCUT2D eigenvalue weighted by Crippen LogP contribution is -2.31. The van der Waals surface area contributed by atoms with Crippen LogP contribution < -0.4 is 5.73 Å². The zero-order valence-electron chi connectivity index (χ0n) is 8.70. The molecule has 2 N–H and O–H groups in total. The van der Waals surface area contributed by atoms with Crippen molar-refractivity contribution in [3.8, 4) is 0 Å². The molecule has 0 spiro atoms. The molecule has 0 aliphatic carbocycles. The summed E-state index contributed by atoms with van der Waals surface area (Å²) in [5.74, 6) is 0.152. The highest BCUT2D eigenvalue weighted by atomic mass is 16.7. The molecule has 4 heteroatoms. The lowest BCUT2D eigenvalue weighted by Gasteiger charge is -2.25. The van der Waals surface area contributed by atoms with Crippen molar-refractivity contribution in [1.82, 2.24) is 0 Å².